The van der Waals surface area contributed by atoms with Crippen molar-refractivity contribution in [1.29, 1.82) is 0 Å². The van der Waals surface area contributed by atoms with Gasteiger partial charge in [0.1, 0.15) is 6.10 Å². The molecule has 19 heavy (non-hydrogen) atoms. The monoisotopic (exact) mass is 266 g/mol. The van der Waals surface area contributed by atoms with Crippen molar-refractivity contribution in [2.24, 2.45) is 5.92 Å². The third-order valence-corrected chi connectivity index (χ3v) is 3.42. The zero-order chi connectivity index (χ0) is 13.9. The minimum absolute atomic E-state index is 0.166. The van der Waals surface area contributed by atoms with Crippen molar-refractivity contribution in [2.75, 3.05) is 6.79 Å². The number of Topliss-reactive ketones (excluding diaryl/α,β-unsaturated/α-hetero) is 2. The summed E-state index contributed by atoms with van der Waals surface area (Å²) in [5, 5.41) is 29.7. The number of phenols is 2. The van der Waals surface area contributed by atoms with Crippen LogP contribution in [0.25, 0.3) is 0 Å². The molecule has 0 fully saturated rings. The van der Waals surface area contributed by atoms with Crippen LogP contribution < -0.4 is 9.47 Å². The van der Waals surface area contributed by atoms with E-state index in [1.54, 1.807) is 0 Å². The molecular weight excluding hydrogens is 256 g/mol. The van der Waals surface area contributed by atoms with Crippen molar-refractivity contribution >= 4 is 11.6 Å². The van der Waals surface area contributed by atoms with Gasteiger partial charge >= 0.3 is 0 Å². The summed E-state index contributed by atoms with van der Waals surface area (Å²) in [6, 6.07) is 0. The zero-order valence-corrected chi connectivity index (χ0v) is 9.84. The highest BCUT2D eigenvalue weighted by Crippen LogP contribution is 2.53. The maximum atomic E-state index is 12.1. The van der Waals surface area contributed by atoms with Crippen LogP contribution in [0.5, 0.6) is 23.0 Å². The third kappa shape index (κ3) is 1.30. The van der Waals surface area contributed by atoms with E-state index in [-0.39, 0.29) is 23.9 Å². The predicted octanol–water partition coefficient (Wildman–Crippen LogP) is 0.203. The molecule has 1 aliphatic carbocycles. The summed E-state index contributed by atoms with van der Waals surface area (Å²) < 4.78 is 9.91. The maximum Gasteiger partial charge on any atom is 0.231 e. The Kier molecular flexibility index (Phi) is 2.24. The van der Waals surface area contributed by atoms with Gasteiger partial charge in [0, 0.05) is 0 Å². The topological polar surface area (TPSA) is 113 Å². The SMILES string of the molecule is CC1C(=O)c2c(O)c3c(c(O)c2C(=O)C1O)OCO3. The molecule has 0 amide bonds. The fourth-order valence-corrected chi connectivity index (χ4v) is 2.32. The molecule has 2 atom stereocenters. The lowest BCUT2D eigenvalue weighted by Gasteiger charge is -2.25. The van der Waals surface area contributed by atoms with Crippen LogP contribution in [0.3, 0.4) is 0 Å². The Morgan fingerprint density at radius 3 is 2.00 bits per heavy atom. The third-order valence-electron chi connectivity index (χ3n) is 3.42. The molecule has 0 saturated heterocycles. The van der Waals surface area contributed by atoms with Gasteiger partial charge in [-0.3, -0.25) is 9.59 Å². The van der Waals surface area contributed by atoms with Crippen molar-refractivity contribution < 1.29 is 34.4 Å². The Balaban J connectivity index is 2.38. The minimum atomic E-state index is -1.55. The summed E-state index contributed by atoms with van der Waals surface area (Å²) >= 11 is 0. The molecule has 3 N–H and O–H groups in total. The zero-order valence-electron chi connectivity index (χ0n) is 9.84. The van der Waals surface area contributed by atoms with E-state index in [0.717, 1.165) is 0 Å². The molecule has 2 unspecified atom stereocenters. The van der Waals surface area contributed by atoms with Gasteiger partial charge in [-0.15, -0.1) is 0 Å². The summed E-state index contributed by atoms with van der Waals surface area (Å²) in [5.74, 6) is -3.95. The van der Waals surface area contributed by atoms with Gasteiger partial charge in [-0.05, 0) is 0 Å². The van der Waals surface area contributed by atoms with Crippen molar-refractivity contribution in [3.8, 4) is 23.0 Å². The lowest BCUT2D eigenvalue weighted by Crippen LogP contribution is -2.39. The number of carbonyl (C=O) groups excluding carboxylic acids is 2. The van der Waals surface area contributed by atoms with Crippen LogP contribution in [0.1, 0.15) is 27.6 Å². The smallest absolute Gasteiger partial charge is 0.231 e. The molecule has 3 rings (SSSR count). The number of ketones is 2. The molecular formula is C12H10O7. The molecule has 7 nitrogen and oxygen atoms in total. The van der Waals surface area contributed by atoms with E-state index in [9.17, 15) is 24.9 Å². The quantitative estimate of drug-likeness (QED) is 0.575. The van der Waals surface area contributed by atoms with E-state index < -0.39 is 40.7 Å². The normalized spacial score (nSPS) is 24.5. The number of phenolic OH excluding ortho intramolecular Hbond substituents is 2. The highest BCUT2D eigenvalue weighted by atomic mass is 16.7. The molecule has 100 valence electrons. The van der Waals surface area contributed by atoms with E-state index in [4.69, 9.17) is 9.47 Å². The molecule has 0 aromatic heterocycles. The molecule has 1 aromatic rings. The Morgan fingerprint density at radius 2 is 1.47 bits per heavy atom. The van der Waals surface area contributed by atoms with Crippen LogP contribution >= 0.6 is 0 Å². The molecule has 0 bridgehead atoms. The predicted molar refractivity (Wildman–Crippen MR) is 59.7 cm³/mol. The molecule has 1 aliphatic heterocycles. The van der Waals surface area contributed by atoms with Gasteiger partial charge in [0.25, 0.3) is 0 Å². The summed E-state index contributed by atoms with van der Waals surface area (Å²) in [4.78, 5) is 24.0. The van der Waals surface area contributed by atoms with Gasteiger partial charge in [0.15, 0.2) is 23.1 Å². The molecule has 0 spiro atoms. The Morgan fingerprint density at radius 1 is 1.00 bits per heavy atom. The van der Waals surface area contributed by atoms with Crippen molar-refractivity contribution in [3.05, 3.63) is 11.1 Å². The number of benzene rings is 1. The lowest BCUT2D eigenvalue weighted by molar-refractivity contribution is 0.0521. The first-order valence-corrected chi connectivity index (χ1v) is 5.59. The summed E-state index contributed by atoms with van der Waals surface area (Å²) in [6.07, 6.45) is -1.55. The van der Waals surface area contributed by atoms with E-state index in [0.29, 0.717) is 0 Å². The molecule has 7 heteroatoms. The number of hydrogen-bond acceptors (Lipinski definition) is 7. The fraction of sp³-hybridized carbons (Fsp3) is 0.333. The van der Waals surface area contributed by atoms with Gasteiger partial charge in [-0.1, -0.05) is 6.92 Å². The average molecular weight is 266 g/mol. The number of ether oxygens (including phenoxy) is 2. The van der Waals surface area contributed by atoms with Crippen LogP contribution in [0.4, 0.5) is 0 Å². The first kappa shape index (κ1) is 11.8. The largest absolute Gasteiger partial charge is 0.504 e. The summed E-state index contributed by atoms with van der Waals surface area (Å²) in [7, 11) is 0. The Bertz CT molecular complexity index is 566. The Labute approximate surface area is 107 Å². The number of aliphatic hydroxyl groups is 1. The Hall–Kier alpha value is -2.28. The van der Waals surface area contributed by atoms with Gasteiger partial charge in [0.05, 0.1) is 17.0 Å². The minimum Gasteiger partial charge on any atom is -0.504 e. The van der Waals surface area contributed by atoms with Gasteiger partial charge in [-0.25, -0.2) is 0 Å². The van der Waals surface area contributed by atoms with Gasteiger partial charge in [-0.2, -0.15) is 0 Å². The van der Waals surface area contributed by atoms with Crippen LogP contribution in [0.2, 0.25) is 0 Å². The van der Waals surface area contributed by atoms with Crippen LogP contribution in [0.15, 0.2) is 0 Å². The van der Waals surface area contributed by atoms with E-state index >= 15 is 0 Å². The second-order valence-electron chi connectivity index (χ2n) is 4.47. The first-order valence-electron chi connectivity index (χ1n) is 5.59. The van der Waals surface area contributed by atoms with E-state index in [1.807, 2.05) is 0 Å². The highest BCUT2D eigenvalue weighted by Gasteiger charge is 2.45. The lowest BCUT2D eigenvalue weighted by atomic mass is 9.79. The van der Waals surface area contributed by atoms with Crippen molar-refractivity contribution in [3.63, 3.8) is 0 Å². The number of hydrogen-bond donors (Lipinski definition) is 3. The molecule has 0 saturated carbocycles. The number of aromatic hydroxyl groups is 2. The molecule has 1 heterocycles. The molecule has 0 radical (unpaired) electrons. The molecule has 2 aliphatic rings. The van der Waals surface area contributed by atoms with Crippen LogP contribution in [-0.2, 0) is 0 Å². The second kappa shape index (κ2) is 3.61. The fourth-order valence-electron chi connectivity index (χ4n) is 2.32. The summed E-state index contributed by atoms with van der Waals surface area (Å²) in [6.45, 7) is 1.13. The number of rotatable bonds is 0. The van der Waals surface area contributed by atoms with E-state index in [2.05, 4.69) is 0 Å². The van der Waals surface area contributed by atoms with Gasteiger partial charge < -0.3 is 24.8 Å². The van der Waals surface area contributed by atoms with Gasteiger partial charge in [0.2, 0.25) is 18.3 Å². The van der Waals surface area contributed by atoms with Crippen molar-refractivity contribution in [1.82, 2.24) is 0 Å². The average Bonchev–Trinajstić information content (AvgIpc) is 2.87. The van der Waals surface area contributed by atoms with Crippen LogP contribution in [-0.4, -0.2) is 39.8 Å². The van der Waals surface area contributed by atoms with E-state index in [1.165, 1.54) is 6.92 Å². The number of fused-ring (bicyclic) bond motifs is 2. The highest BCUT2D eigenvalue weighted by molar-refractivity contribution is 6.20. The first-order chi connectivity index (χ1) is 8.95. The molecule has 1 aromatic carbocycles. The summed E-state index contributed by atoms with van der Waals surface area (Å²) in [5.41, 5.74) is -0.748. The maximum absolute atomic E-state index is 12.1. The second-order valence-corrected chi connectivity index (χ2v) is 4.47. The number of carbonyl (C=O) groups is 2. The number of aliphatic hydroxyl groups excluding tert-OH is 1. The standard InChI is InChI=1S/C12H10O7/c1-3-6(13)4-5(8(15)7(3)14)10(17)12-11(9(4)16)18-2-19-12/h3,7,14,16-17H,2H2,1H3. The van der Waals surface area contributed by atoms with Crippen molar-refractivity contribution in [2.45, 2.75) is 13.0 Å². The van der Waals surface area contributed by atoms with Crippen LogP contribution in [0, 0.1) is 5.92 Å².